The van der Waals surface area contributed by atoms with E-state index in [0.717, 1.165) is 30.8 Å². The van der Waals surface area contributed by atoms with Crippen LogP contribution in [0.5, 0.6) is 0 Å². The Morgan fingerprint density at radius 2 is 1.93 bits per heavy atom. The summed E-state index contributed by atoms with van der Waals surface area (Å²) in [5.41, 5.74) is 2.50. The van der Waals surface area contributed by atoms with Gasteiger partial charge >= 0.3 is 0 Å². The first-order chi connectivity index (χ1) is 14.0. The molecule has 0 fully saturated rings. The Labute approximate surface area is 171 Å². The van der Waals surface area contributed by atoms with Crippen LogP contribution < -0.4 is 16.0 Å². The first-order valence-corrected chi connectivity index (χ1v) is 10.1. The van der Waals surface area contributed by atoms with E-state index in [1.807, 2.05) is 6.07 Å². The Balaban J connectivity index is 1.98. The van der Waals surface area contributed by atoms with Crippen molar-refractivity contribution in [3.8, 4) is 0 Å². The number of aromatic nitrogens is 4. The Hall–Kier alpha value is -3.16. The average molecular weight is 396 g/mol. The molecule has 3 aromatic rings. The summed E-state index contributed by atoms with van der Waals surface area (Å²) in [5.74, 6) is 0.446. The van der Waals surface area contributed by atoms with Gasteiger partial charge in [-0.05, 0) is 38.8 Å². The number of rotatable bonds is 9. The average Bonchev–Trinajstić information content (AvgIpc) is 3.12. The monoisotopic (exact) mass is 395 g/mol. The molecule has 0 aliphatic heterocycles. The van der Waals surface area contributed by atoms with Crippen LogP contribution in [-0.4, -0.2) is 37.6 Å². The van der Waals surface area contributed by atoms with Crippen LogP contribution in [0.2, 0.25) is 0 Å². The molecule has 1 amide bonds. The predicted molar refractivity (Wildman–Crippen MR) is 117 cm³/mol. The molecule has 0 radical (unpaired) electrons. The fourth-order valence-corrected chi connectivity index (χ4v) is 3.18. The van der Waals surface area contributed by atoms with Gasteiger partial charge in [0.15, 0.2) is 11.3 Å². The summed E-state index contributed by atoms with van der Waals surface area (Å²) in [6.07, 6.45) is 7.97. The standard InChI is InChI=1S/C21H29N7O/c1-5-7-15(6-2)25-19-12-17(24-14(3)4)20-23-13-18(28(20)27-19)21(29)26-16-8-10-22-11-9-16/h8-15,24H,5-7H2,1-4H3,(H,25,27)(H,22,26,29). The lowest BCUT2D eigenvalue weighted by Crippen LogP contribution is -2.21. The molecule has 3 rings (SSSR count). The second-order valence-electron chi connectivity index (χ2n) is 7.35. The summed E-state index contributed by atoms with van der Waals surface area (Å²) in [4.78, 5) is 21.3. The number of amides is 1. The molecule has 1 atom stereocenters. The normalized spacial score (nSPS) is 12.2. The minimum atomic E-state index is -0.274. The molecule has 8 nitrogen and oxygen atoms in total. The van der Waals surface area contributed by atoms with E-state index in [9.17, 15) is 4.79 Å². The van der Waals surface area contributed by atoms with Crippen molar-refractivity contribution in [3.63, 3.8) is 0 Å². The third-order valence-corrected chi connectivity index (χ3v) is 4.56. The number of anilines is 3. The SMILES string of the molecule is CCCC(CC)Nc1cc(NC(C)C)c2ncc(C(=O)Nc3ccncc3)n2n1. The summed E-state index contributed by atoms with van der Waals surface area (Å²) in [6.45, 7) is 8.46. The van der Waals surface area contributed by atoms with Crippen LogP contribution in [0.3, 0.4) is 0 Å². The minimum absolute atomic E-state index is 0.220. The molecule has 154 valence electrons. The van der Waals surface area contributed by atoms with Crippen molar-refractivity contribution in [3.05, 3.63) is 42.5 Å². The topological polar surface area (TPSA) is 96.2 Å². The molecule has 0 bridgehead atoms. The highest BCUT2D eigenvalue weighted by Crippen LogP contribution is 2.23. The summed E-state index contributed by atoms with van der Waals surface area (Å²) in [5, 5.41) is 14.4. The Bertz CT molecular complexity index is 952. The van der Waals surface area contributed by atoms with Gasteiger partial charge in [-0.2, -0.15) is 0 Å². The van der Waals surface area contributed by atoms with Crippen LogP contribution in [0, 0.1) is 0 Å². The number of carbonyl (C=O) groups excluding carboxylic acids is 1. The van der Waals surface area contributed by atoms with Crippen LogP contribution in [0.25, 0.3) is 5.65 Å². The van der Waals surface area contributed by atoms with Gasteiger partial charge in [0.05, 0.1) is 11.9 Å². The quantitative estimate of drug-likeness (QED) is 0.503. The van der Waals surface area contributed by atoms with Gasteiger partial charge in [-0.25, -0.2) is 9.50 Å². The van der Waals surface area contributed by atoms with Crippen molar-refractivity contribution in [2.75, 3.05) is 16.0 Å². The molecule has 0 aliphatic carbocycles. The summed E-state index contributed by atoms with van der Waals surface area (Å²) >= 11 is 0. The van der Waals surface area contributed by atoms with Crippen molar-refractivity contribution in [2.45, 2.75) is 59.0 Å². The third kappa shape index (κ3) is 5.01. The van der Waals surface area contributed by atoms with E-state index in [2.05, 4.69) is 58.7 Å². The van der Waals surface area contributed by atoms with E-state index in [4.69, 9.17) is 0 Å². The van der Waals surface area contributed by atoms with Gasteiger partial charge in [0.2, 0.25) is 0 Å². The number of hydrogen-bond donors (Lipinski definition) is 3. The second kappa shape index (κ2) is 9.36. The van der Waals surface area contributed by atoms with Gasteiger partial charge in [0.25, 0.3) is 5.91 Å². The Kier molecular flexibility index (Phi) is 6.64. The number of fused-ring (bicyclic) bond motifs is 1. The van der Waals surface area contributed by atoms with E-state index in [1.54, 1.807) is 35.2 Å². The molecule has 8 heteroatoms. The van der Waals surface area contributed by atoms with Gasteiger partial charge in [-0.15, -0.1) is 5.10 Å². The fraction of sp³-hybridized carbons (Fsp3) is 0.429. The Morgan fingerprint density at radius 3 is 2.59 bits per heavy atom. The highest BCUT2D eigenvalue weighted by atomic mass is 16.2. The highest BCUT2D eigenvalue weighted by molar-refractivity contribution is 6.03. The molecule has 0 aromatic carbocycles. The third-order valence-electron chi connectivity index (χ3n) is 4.56. The van der Waals surface area contributed by atoms with Crippen LogP contribution >= 0.6 is 0 Å². The van der Waals surface area contributed by atoms with Gasteiger partial charge in [-0.1, -0.05) is 20.3 Å². The largest absolute Gasteiger partial charge is 0.380 e. The lowest BCUT2D eigenvalue weighted by molar-refractivity contribution is 0.102. The van der Waals surface area contributed by atoms with E-state index >= 15 is 0 Å². The molecular weight excluding hydrogens is 366 g/mol. The van der Waals surface area contributed by atoms with Crippen LogP contribution in [-0.2, 0) is 0 Å². The minimum Gasteiger partial charge on any atom is -0.380 e. The first-order valence-electron chi connectivity index (χ1n) is 10.1. The summed E-state index contributed by atoms with van der Waals surface area (Å²) in [7, 11) is 0. The van der Waals surface area contributed by atoms with Crippen molar-refractivity contribution in [1.82, 2.24) is 19.6 Å². The van der Waals surface area contributed by atoms with Gasteiger partial charge in [0, 0.05) is 36.2 Å². The number of nitrogens with zero attached hydrogens (tertiary/aromatic N) is 4. The van der Waals surface area contributed by atoms with Crippen molar-refractivity contribution >= 4 is 28.7 Å². The molecular formula is C21H29N7O. The van der Waals surface area contributed by atoms with Gasteiger partial charge in [-0.3, -0.25) is 9.78 Å². The van der Waals surface area contributed by atoms with E-state index in [1.165, 1.54) is 0 Å². The van der Waals surface area contributed by atoms with E-state index in [0.29, 0.717) is 23.1 Å². The van der Waals surface area contributed by atoms with Crippen molar-refractivity contribution < 1.29 is 4.79 Å². The van der Waals surface area contributed by atoms with Gasteiger partial charge in [0.1, 0.15) is 5.82 Å². The first kappa shape index (κ1) is 20.6. The smallest absolute Gasteiger partial charge is 0.276 e. The predicted octanol–water partition coefficient (Wildman–Crippen LogP) is 4.19. The number of pyridine rings is 1. The summed E-state index contributed by atoms with van der Waals surface area (Å²) in [6, 6.07) is 5.99. The lowest BCUT2D eigenvalue weighted by Gasteiger charge is -2.19. The molecule has 1 unspecified atom stereocenters. The van der Waals surface area contributed by atoms with E-state index < -0.39 is 0 Å². The van der Waals surface area contributed by atoms with Crippen LogP contribution in [0.4, 0.5) is 17.2 Å². The molecule has 0 spiro atoms. The zero-order chi connectivity index (χ0) is 20.8. The highest BCUT2D eigenvalue weighted by Gasteiger charge is 2.18. The number of carbonyl (C=O) groups is 1. The Morgan fingerprint density at radius 1 is 1.17 bits per heavy atom. The number of nitrogens with one attached hydrogen (secondary N) is 3. The lowest BCUT2D eigenvalue weighted by atomic mass is 10.1. The molecule has 3 N–H and O–H groups in total. The number of hydrogen-bond acceptors (Lipinski definition) is 6. The second-order valence-corrected chi connectivity index (χ2v) is 7.35. The molecule has 0 saturated carbocycles. The van der Waals surface area contributed by atoms with Crippen LogP contribution in [0.1, 0.15) is 57.4 Å². The summed E-state index contributed by atoms with van der Waals surface area (Å²) < 4.78 is 1.60. The zero-order valence-electron chi connectivity index (χ0n) is 17.4. The fourth-order valence-electron chi connectivity index (χ4n) is 3.18. The maximum atomic E-state index is 12.8. The van der Waals surface area contributed by atoms with E-state index in [-0.39, 0.29) is 11.9 Å². The van der Waals surface area contributed by atoms with Crippen molar-refractivity contribution in [2.24, 2.45) is 0 Å². The molecule has 0 aliphatic rings. The number of imidazole rings is 1. The van der Waals surface area contributed by atoms with Crippen molar-refractivity contribution in [1.29, 1.82) is 0 Å². The van der Waals surface area contributed by atoms with Gasteiger partial charge < -0.3 is 16.0 Å². The zero-order valence-corrected chi connectivity index (χ0v) is 17.4. The molecule has 3 aromatic heterocycles. The molecule has 3 heterocycles. The maximum absolute atomic E-state index is 12.8. The molecule has 29 heavy (non-hydrogen) atoms. The van der Waals surface area contributed by atoms with Crippen LogP contribution in [0.15, 0.2) is 36.8 Å². The molecule has 0 saturated heterocycles. The maximum Gasteiger partial charge on any atom is 0.276 e.